The van der Waals surface area contributed by atoms with Crippen LogP contribution in [0.15, 0.2) is 94.3 Å². The summed E-state index contributed by atoms with van der Waals surface area (Å²) in [5.41, 5.74) is 4.70. The summed E-state index contributed by atoms with van der Waals surface area (Å²) in [7, 11) is 0. The van der Waals surface area contributed by atoms with Crippen molar-refractivity contribution in [2.75, 3.05) is 6.61 Å². The Balaban J connectivity index is 1.38. The fourth-order valence-electron chi connectivity index (χ4n) is 5.89. The Bertz CT molecular complexity index is 2020. The van der Waals surface area contributed by atoms with Crippen LogP contribution in [0.1, 0.15) is 58.4 Å². The van der Waals surface area contributed by atoms with Gasteiger partial charge in [-0.3, -0.25) is 18.7 Å². The van der Waals surface area contributed by atoms with Gasteiger partial charge in [0, 0.05) is 40.9 Å². The Morgan fingerprint density at radius 2 is 1.81 bits per heavy atom. The second-order valence-electron chi connectivity index (χ2n) is 12.4. The van der Waals surface area contributed by atoms with Gasteiger partial charge in [0.25, 0.3) is 11.8 Å². The fraction of sp³-hybridized carbons (Fsp3) is 0.270. The smallest absolute Gasteiger partial charge is 0.333 e. The monoisotopic (exact) mass is 708 g/mol. The number of ether oxygens (including phenoxy) is 1. The molecule has 3 aromatic carbocycles. The molecule has 2 amide bonds. The summed E-state index contributed by atoms with van der Waals surface area (Å²) in [6, 6.07) is 23.7. The quantitative estimate of drug-likeness (QED) is 0.196. The fourth-order valence-corrected chi connectivity index (χ4v) is 6.13. The lowest BCUT2D eigenvalue weighted by Crippen LogP contribution is -2.47. The first-order valence-electron chi connectivity index (χ1n) is 15.9. The van der Waals surface area contributed by atoms with Crippen molar-refractivity contribution in [3.63, 3.8) is 0 Å². The second-order valence-corrected chi connectivity index (χ2v) is 13.3. The van der Waals surface area contributed by atoms with Crippen molar-refractivity contribution in [2.45, 2.75) is 53.4 Å². The van der Waals surface area contributed by atoms with Crippen LogP contribution in [-0.4, -0.2) is 48.7 Å². The van der Waals surface area contributed by atoms with Crippen LogP contribution in [-0.2, 0) is 19.6 Å². The molecule has 1 N–H and O–H groups in total. The number of nitrogens with zero attached hydrogens (tertiary/aromatic N) is 5. The zero-order valence-electron chi connectivity index (χ0n) is 27.3. The predicted octanol–water partition coefficient (Wildman–Crippen LogP) is 6.18. The first-order chi connectivity index (χ1) is 23.1. The maximum Gasteiger partial charge on any atom is 0.333 e. The number of fused-ring (bicyclic) bond motifs is 1. The van der Waals surface area contributed by atoms with E-state index in [4.69, 9.17) is 4.74 Å². The maximum absolute atomic E-state index is 14.3. The molecule has 48 heavy (non-hydrogen) atoms. The zero-order valence-corrected chi connectivity index (χ0v) is 28.9. The van der Waals surface area contributed by atoms with Gasteiger partial charge < -0.3 is 15.0 Å². The Kier molecular flexibility index (Phi) is 9.58. The number of rotatable bonds is 9. The van der Waals surface area contributed by atoms with Crippen LogP contribution < -0.4 is 15.7 Å². The van der Waals surface area contributed by atoms with Gasteiger partial charge in [0.05, 0.1) is 30.2 Å². The molecule has 246 valence electrons. The van der Waals surface area contributed by atoms with Crippen molar-refractivity contribution in [1.82, 2.24) is 29.5 Å². The highest BCUT2D eigenvalue weighted by atomic mass is 79.9. The van der Waals surface area contributed by atoms with Crippen LogP contribution in [0.3, 0.4) is 0 Å². The summed E-state index contributed by atoms with van der Waals surface area (Å²) < 4.78 is 9.84. The molecule has 0 saturated heterocycles. The van der Waals surface area contributed by atoms with E-state index in [-0.39, 0.29) is 43.0 Å². The molecule has 1 aliphatic heterocycles. The molecule has 6 rings (SSSR count). The first kappa shape index (κ1) is 32.9. The minimum Gasteiger partial charge on any atom is -0.493 e. The van der Waals surface area contributed by atoms with Crippen molar-refractivity contribution in [3.05, 3.63) is 128 Å². The molecule has 0 radical (unpaired) electrons. The topological polar surface area (TPSA) is 111 Å². The third-order valence-corrected chi connectivity index (χ3v) is 9.30. The highest BCUT2D eigenvalue weighted by Crippen LogP contribution is 2.27. The van der Waals surface area contributed by atoms with Crippen molar-refractivity contribution in [2.24, 2.45) is 5.92 Å². The van der Waals surface area contributed by atoms with E-state index in [0.29, 0.717) is 40.9 Å². The number of halogens is 1. The number of hydrogen-bond acceptors (Lipinski definition) is 6. The van der Waals surface area contributed by atoms with Gasteiger partial charge in [0.2, 0.25) is 0 Å². The van der Waals surface area contributed by atoms with Crippen molar-refractivity contribution >= 4 is 27.7 Å². The van der Waals surface area contributed by atoms with E-state index in [2.05, 4.69) is 45.3 Å². The predicted molar refractivity (Wildman–Crippen MR) is 187 cm³/mol. The lowest BCUT2D eigenvalue weighted by molar-refractivity contribution is 0.0610. The summed E-state index contributed by atoms with van der Waals surface area (Å²) in [4.78, 5) is 43.9. The molecule has 0 unspecified atom stereocenters. The van der Waals surface area contributed by atoms with Crippen LogP contribution in [0.2, 0.25) is 0 Å². The average molecular weight is 710 g/mol. The van der Waals surface area contributed by atoms with E-state index >= 15 is 0 Å². The molecular formula is C37H37BrN6O4. The van der Waals surface area contributed by atoms with Gasteiger partial charge in [-0.1, -0.05) is 54.0 Å². The van der Waals surface area contributed by atoms with Gasteiger partial charge in [0.1, 0.15) is 11.4 Å². The molecule has 0 fully saturated rings. The highest BCUT2D eigenvalue weighted by molar-refractivity contribution is 9.10. The summed E-state index contributed by atoms with van der Waals surface area (Å²) >= 11 is 3.51. The molecule has 10 nitrogen and oxygen atoms in total. The van der Waals surface area contributed by atoms with Crippen LogP contribution in [0, 0.1) is 12.8 Å². The molecule has 2 aromatic heterocycles. The molecular weight excluding hydrogens is 672 g/mol. The lowest BCUT2D eigenvalue weighted by Gasteiger charge is -2.34. The maximum atomic E-state index is 14.3. The SMILES string of the molecule is Cc1cc(C(=O)N2Cc3c(C(=O)NCc4ccccc4-c4cccnn4)n(-c4ccc(OCC(C)C)cc4)c(=O)n3C[C@@H]2C)ccc1Br. The van der Waals surface area contributed by atoms with Gasteiger partial charge in [-0.2, -0.15) is 10.2 Å². The van der Waals surface area contributed by atoms with E-state index in [1.165, 1.54) is 4.57 Å². The molecule has 0 saturated carbocycles. The van der Waals surface area contributed by atoms with Crippen molar-refractivity contribution in [1.29, 1.82) is 0 Å². The van der Waals surface area contributed by atoms with Crippen molar-refractivity contribution in [3.8, 4) is 22.7 Å². The third-order valence-electron chi connectivity index (χ3n) is 8.41. The van der Waals surface area contributed by atoms with E-state index in [9.17, 15) is 14.4 Å². The molecule has 0 bridgehead atoms. The van der Waals surface area contributed by atoms with Gasteiger partial charge in [-0.25, -0.2) is 4.79 Å². The third kappa shape index (κ3) is 6.68. The van der Waals surface area contributed by atoms with Gasteiger partial charge in [0.15, 0.2) is 0 Å². The molecule has 5 aromatic rings. The minimum atomic E-state index is -0.434. The Morgan fingerprint density at radius 1 is 1.04 bits per heavy atom. The number of amides is 2. The number of benzene rings is 3. The second kappa shape index (κ2) is 14.0. The van der Waals surface area contributed by atoms with Crippen LogP contribution in [0.5, 0.6) is 5.75 Å². The number of hydrogen-bond donors (Lipinski definition) is 1. The Labute approximate surface area is 287 Å². The molecule has 1 atom stereocenters. The van der Waals surface area contributed by atoms with Gasteiger partial charge in [-0.15, -0.1) is 0 Å². The van der Waals surface area contributed by atoms with E-state index in [0.717, 1.165) is 21.2 Å². The molecule has 11 heteroatoms. The summed E-state index contributed by atoms with van der Waals surface area (Å²) in [6.07, 6.45) is 1.61. The molecule has 1 aliphatic rings. The zero-order chi connectivity index (χ0) is 33.9. The molecule has 3 heterocycles. The molecule has 0 spiro atoms. The summed E-state index contributed by atoms with van der Waals surface area (Å²) in [6.45, 7) is 9.07. The van der Waals surface area contributed by atoms with Crippen LogP contribution >= 0.6 is 15.9 Å². The van der Waals surface area contributed by atoms with E-state index in [1.54, 1.807) is 46.0 Å². The van der Waals surface area contributed by atoms with E-state index in [1.807, 2.05) is 62.4 Å². The standard InChI is InChI=1S/C37H37BrN6O4/c1-23(2)22-48-29-14-12-28(13-15-29)44-34(35(45)39-19-27-8-5-6-9-30(27)32-10-7-17-40-41-32)33-21-42(25(4)20-43(33)37(44)47)36(46)26-11-16-31(38)24(3)18-26/h5-18,23,25H,19-22H2,1-4H3,(H,39,45)/t25-/m0/s1. The number of nitrogens with one attached hydrogen (secondary N) is 1. The summed E-state index contributed by atoms with van der Waals surface area (Å²) in [5.74, 6) is 0.428. The number of carbonyl (C=O) groups is 2. The average Bonchev–Trinajstić information content (AvgIpc) is 3.38. The number of imidazole rings is 1. The number of carbonyl (C=O) groups excluding carboxylic acids is 2. The van der Waals surface area contributed by atoms with Crippen LogP contribution in [0.4, 0.5) is 0 Å². The highest BCUT2D eigenvalue weighted by Gasteiger charge is 2.35. The van der Waals surface area contributed by atoms with Crippen LogP contribution in [0.25, 0.3) is 16.9 Å². The molecule has 0 aliphatic carbocycles. The number of aryl methyl sites for hydroxylation is 1. The summed E-state index contributed by atoms with van der Waals surface area (Å²) in [5, 5.41) is 11.3. The Hall–Kier alpha value is -5.03. The van der Waals surface area contributed by atoms with E-state index < -0.39 is 5.91 Å². The van der Waals surface area contributed by atoms with Gasteiger partial charge >= 0.3 is 5.69 Å². The minimum absolute atomic E-state index is 0.0892. The largest absolute Gasteiger partial charge is 0.493 e. The Morgan fingerprint density at radius 3 is 2.52 bits per heavy atom. The van der Waals surface area contributed by atoms with Gasteiger partial charge in [-0.05, 0) is 85.5 Å². The number of aromatic nitrogens is 4. The normalized spacial score (nSPS) is 14.1. The van der Waals surface area contributed by atoms with Crippen molar-refractivity contribution < 1.29 is 14.3 Å². The lowest BCUT2D eigenvalue weighted by atomic mass is 10.0. The first-order valence-corrected chi connectivity index (χ1v) is 16.7.